The largest absolute Gasteiger partial charge is 0.266 e. The molecule has 56 valence electrons. The van der Waals surface area contributed by atoms with E-state index in [2.05, 4.69) is 15.2 Å². The van der Waals surface area contributed by atoms with E-state index in [0.717, 1.165) is 0 Å². The number of nitrogens with one attached hydrogen (secondary N) is 1. The second kappa shape index (κ2) is 2.37. The van der Waals surface area contributed by atoms with Crippen LogP contribution in [0.25, 0.3) is 0 Å². The Morgan fingerprint density at radius 1 is 1.70 bits per heavy atom. The lowest BCUT2D eigenvalue weighted by Crippen LogP contribution is -2.05. The maximum atomic E-state index is 10.9. The predicted octanol–water partition coefficient (Wildman–Crippen LogP) is -0.402. The van der Waals surface area contributed by atoms with Crippen molar-refractivity contribution >= 4 is 9.84 Å². The summed E-state index contributed by atoms with van der Waals surface area (Å²) in [7, 11) is -3.21. The molecule has 1 heterocycles. The van der Waals surface area contributed by atoms with Crippen LogP contribution in [0.1, 0.15) is 6.92 Å². The highest BCUT2D eigenvalue weighted by molar-refractivity contribution is 7.91. The van der Waals surface area contributed by atoms with E-state index in [0.29, 0.717) is 0 Å². The molecule has 0 aromatic carbocycles. The molecule has 0 fully saturated rings. The fraction of sp³-hybridized carbons (Fsp3) is 0.500. The van der Waals surface area contributed by atoms with Crippen LogP contribution in [-0.2, 0) is 9.84 Å². The van der Waals surface area contributed by atoms with Crippen LogP contribution in [0, 0.1) is 0 Å². The summed E-state index contributed by atoms with van der Waals surface area (Å²) in [5, 5.41) is 5.63. The van der Waals surface area contributed by atoms with Crippen molar-refractivity contribution in [1.82, 2.24) is 15.2 Å². The lowest BCUT2D eigenvalue weighted by molar-refractivity contribution is 0.589. The van der Waals surface area contributed by atoms with Crippen molar-refractivity contribution in [2.75, 3.05) is 5.75 Å². The van der Waals surface area contributed by atoms with Gasteiger partial charge in [0.25, 0.3) is 5.16 Å². The number of aromatic amines is 1. The molecule has 1 aromatic heterocycles. The summed E-state index contributed by atoms with van der Waals surface area (Å²) in [5.41, 5.74) is 0. The molecular weight excluding hydrogens is 154 g/mol. The van der Waals surface area contributed by atoms with Crippen LogP contribution >= 0.6 is 0 Å². The van der Waals surface area contributed by atoms with Crippen LogP contribution < -0.4 is 0 Å². The first-order chi connectivity index (χ1) is 4.67. The molecule has 0 atom stereocenters. The second-order valence-corrected chi connectivity index (χ2v) is 3.86. The number of hydrogen-bond donors (Lipinski definition) is 1. The average molecular weight is 161 g/mol. The minimum absolute atomic E-state index is 0.0326. The van der Waals surface area contributed by atoms with Gasteiger partial charge in [-0.15, -0.1) is 5.10 Å². The monoisotopic (exact) mass is 161 g/mol. The van der Waals surface area contributed by atoms with Gasteiger partial charge in [-0.2, -0.15) is 0 Å². The topological polar surface area (TPSA) is 75.7 Å². The fourth-order valence-corrected chi connectivity index (χ4v) is 1.14. The summed E-state index contributed by atoms with van der Waals surface area (Å²) in [6, 6.07) is 0. The lowest BCUT2D eigenvalue weighted by atomic mass is 11.0. The zero-order chi connectivity index (χ0) is 7.61. The Morgan fingerprint density at radius 3 is 2.80 bits per heavy atom. The molecule has 0 amide bonds. The molecule has 0 unspecified atom stereocenters. The molecule has 10 heavy (non-hydrogen) atoms. The summed E-state index contributed by atoms with van der Waals surface area (Å²) < 4.78 is 21.8. The summed E-state index contributed by atoms with van der Waals surface area (Å²) in [5.74, 6) is 0.0326. The number of sulfone groups is 1. The van der Waals surface area contributed by atoms with Gasteiger partial charge < -0.3 is 0 Å². The van der Waals surface area contributed by atoms with Gasteiger partial charge in [0.15, 0.2) is 0 Å². The van der Waals surface area contributed by atoms with Gasteiger partial charge in [0, 0.05) is 0 Å². The zero-order valence-corrected chi connectivity index (χ0v) is 6.22. The van der Waals surface area contributed by atoms with Crippen molar-refractivity contribution in [2.24, 2.45) is 0 Å². The number of H-pyrrole nitrogens is 1. The summed E-state index contributed by atoms with van der Waals surface area (Å²) in [4.78, 5) is 3.50. The van der Waals surface area contributed by atoms with Crippen molar-refractivity contribution in [3.05, 3.63) is 6.33 Å². The highest BCUT2D eigenvalue weighted by Crippen LogP contribution is 1.99. The van der Waals surface area contributed by atoms with Gasteiger partial charge in [0.2, 0.25) is 9.84 Å². The lowest BCUT2D eigenvalue weighted by Gasteiger charge is -1.89. The third kappa shape index (κ3) is 1.15. The predicted molar refractivity (Wildman–Crippen MR) is 34.1 cm³/mol. The van der Waals surface area contributed by atoms with Crippen molar-refractivity contribution in [2.45, 2.75) is 12.1 Å². The first kappa shape index (κ1) is 7.20. The van der Waals surface area contributed by atoms with Gasteiger partial charge in [-0.3, -0.25) is 5.10 Å². The maximum Gasteiger partial charge on any atom is 0.266 e. The standard InChI is InChI=1S/C4H7N3O2S/c1-2-10(8,9)4-5-3-6-7-4/h3H,2H2,1H3,(H,5,6,7). The maximum absolute atomic E-state index is 10.9. The highest BCUT2D eigenvalue weighted by Gasteiger charge is 2.14. The average Bonchev–Trinajstić information content (AvgIpc) is 2.38. The van der Waals surface area contributed by atoms with Gasteiger partial charge in [-0.05, 0) is 0 Å². The molecule has 1 aromatic rings. The van der Waals surface area contributed by atoms with Crippen molar-refractivity contribution < 1.29 is 8.42 Å². The van der Waals surface area contributed by atoms with E-state index < -0.39 is 9.84 Å². The third-order valence-electron chi connectivity index (χ3n) is 1.05. The molecule has 1 rings (SSSR count). The van der Waals surface area contributed by atoms with Crippen LogP contribution in [0.15, 0.2) is 11.5 Å². The van der Waals surface area contributed by atoms with E-state index in [9.17, 15) is 8.42 Å². The normalized spacial score (nSPS) is 11.7. The van der Waals surface area contributed by atoms with E-state index in [-0.39, 0.29) is 10.9 Å². The van der Waals surface area contributed by atoms with Crippen LogP contribution in [0.5, 0.6) is 0 Å². The van der Waals surface area contributed by atoms with Crippen LogP contribution in [0.3, 0.4) is 0 Å². The van der Waals surface area contributed by atoms with Gasteiger partial charge >= 0.3 is 0 Å². The Balaban J connectivity index is 3.09. The third-order valence-corrected chi connectivity index (χ3v) is 2.56. The van der Waals surface area contributed by atoms with Crippen molar-refractivity contribution in [1.29, 1.82) is 0 Å². The summed E-state index contributed by atoms with van der Waals surface area (Å²) >= 11 is 0. The molecule has 0 saturated carbocycles. The Hall–Kier alpha value is -0.910. The number of aromatic nitrogens is 3. The van der Waals surface area contributed by atoms with E-state index in [1.165, 1.54) is 6.33 Å². The Kier molecular flexibility index (Phi) is 1.71. The van der Waals surface area contributed by atoms with E-state index >= 15 is 0 Å². The SMILES string of the molecule is CCS(=O)(=O)c1nc[nH]n1. The van der Waals surface area contributed by atoms with E-state index in [1.807, 2.05) is 0 Å². The Labute approximate surface area is 58.4 Å². The first-order valence-corrected chi connectivity index (χ1v) is 4.40. The minimum atomic E-state index is -3.21. The summed E-state index contributed by atoms with van der Waals surface area (Å²) in [6.07, 6.45) is 1.24. The molecule has 1 N–H and O–H groups in total. The molecule has 0 aliphatic carbocycles. The number of nitrogens with zero attached hydrogens (tertiary/aromatic N) is 2. The first-order valence-electron chi connectivity index (χ1n) is 2.75. The number of rotatable bonds is 2. The zero-order valence-electron chi connectivity index (χ0n) is 5.40. The molecule has 0 spiro atoms. The van der Waals surface area contributed by atoms with Crippen molar-refractivity contribution in [3.8, 4) is 0 Å². The quantitative estimate of drug-likeness (QED) is 0.640. The van der Waals surface area contributed by atoms with Crippen LogP contribution in [0.4, 0.5) is 0 Å². The second-order valence-electron chi connectivity index (χ2n) is 1.69. The van der Waals surface area contributed by atoms with E-state index in [1.54, 1.807) is 6.92 Å². The Morgan fingerprint density at radius 2 is 2.40 bits per heavy atom. The van der Waals surface area contributed by atoms with E-state index in [4.69, 9.17) is 0 Å². The summed E-state index contributed by atoms with van der Waals surface area (Å²) in [6.45, 7) is 1.55. The van der Waals surface area contributed by atoms with Gasteiger partial charge in [-0.25, -0.2) is 13.4 Å². The molecule has 5 nitrogen and oxygen atoms in total. The van der Waals surface area contributed by atoms with Gasteiger partial charge in [-0.1, -0.05) is 6.92 Å². The fourth-order valence-electron chi connectivity index (χ4n) is 0.476. The smallest absolute Gasteiger partial charge is 0.265 e. The number of hydrogen-bond acceptors (Lipinski definition) is 4. The van der Waals surface area contributed by atoms with Gasteiger partial charge in [0.1, 0.15) is 6.33 Å². The Bertz CT molecular complexity index is 288. The molecular formula is C4H7N3O2S. The molecule has 6 heteroatoms. The molecule has 0 saturated heterocycles. The van der Waals surface area contributed by atoms with Crippen LogP contribution in [0.2, 0.25) is 0 Å². The molecule has 0 aliphatic heterocycles. The van der Waals surface area contributed by atoms with Gasteiger partial charge in [0.05, 0.1) is 5.75 Å². The molecule has 0 bridgehead atoms. The minimum Gasteiger partial charge on any atom is -0.265 e. The van der Waals surface area contributed by atoms with Crippen molar-refractivity contribution in [3.63, 3.8) is 0 Å². The van der Waals surface area contributed by atoms with Crippen LogP contribution in [-0.4, -0.2) is 29.4 Å². The molecule has 0 radical (unpaired) electrons. The molecule has 0 aliphatic rings. The highest BCUT2D eigenvalue weighted by atomic mass is 32.2.